The molecule has 2 rings (SSSR count). The molecule has 0 unspecified atom stereocenters. The van der Waals surface area contributed by atoms with Gasteiger partial charge in [-0.15, -0.1) is 0 Å². The van der Waals surface area contributed by atoms with Crippen LogP contribution in [-0.4, -0.2) is 57.1 Å². The van der Waals surface area contributed by atoms with Gasteiger partial charge in [0.15, 0.2) is 0 Å². The highest BCUT2D eigenvalue weighted by molar-refractivity contribution is 7.92. The second-order valence-electron chi connectivity index (χ2n) is 8.81. The minimum atomic E-state index is -3.82. The van der Waals surface area contributed by atoms with E-state index in [1.54, 1.807) is 38.3 Å². The molecule has 0 spiro atoms. The molecule has 1 N–H and O–H groups in total. The highest BCUT2D eigenvalue weighted by atomic mass is 35.5. The standard InChI is InChI=1S/C26H36ClN3O5S/c1-7-19(4)28-26(32)24(8-2)29(16-20-10-13-22(35-5)14-11-20)25(31)17-30(36(6,33)34)21-12-9-18(3)23(27)15-21/h9-15,19,24H,7-8,16-17H2,1-6H3,(H,28,32)/t19-,24-/m1/s1. The lowest BCUT2D eigenvalue weighted by molar-refractivity contribution is -0.140. The van der Waals surface area contributed by atoms with Crippen LogP contribution in [0.15, 0.2) is 42.5 Å². The number of hydrogen-bond donors (Lipinski definition) is 1. The van der Waals surface area contributed by atoms with Crippen LogP contribution in [0.4, 0.5) is 5.69 Å². The van der Waals surface area contributed by atoms with Crippen molar-refractivity contribution in [2.45, 2.75) is 59.2 Å². The minimum Gasteiger partial charge on any atom is -0.497 e. The average molecular weight is 538 g/mol. The first-order valence-corrected chi connectivity index (χ1v) is 14.1. The van der Waals surface area contributed by atoms with Crippen molar-refractivity contribution < 1.29 is 22.7 Å². The van der Waals surface area contributed by atoms with Crippen molar-refractivity contribution in [3.8, 4) is 5.75 Å². The lowest BCUT2D eigenvalue weighted by Crippen LogP contribution is -2.53. The molecule has 36 heavy (non-hydrogen) atoms. The fourth-order valence-corrected chi connectivity index (χ4v) is 4.66. The molecule has 2 aromatic rings. The zero-order valence-electron chi connectivity index (χ0n) is 21.7. The van der Waals surface area contributed by atoms with Gasteiger partial charge in [0.1, 0.15) is 18.3 Å². The number of anilines is 1. The van der Waals surface area contributed by atoms with Crippen LogP contribution in [0.3, 0.4) is 0 Å². The Kier molecular flexibility index (Phi) is 10.6. The van der Waals surface area contributed by atoms with Gasteiger partial charge in [0.05, 0.1) is 19.1 Å². The molecule has 2 aromatic carbocycles. The Balaban J connectivity index is 2.45. The average Bonchev–Trinajstić information content (AvgIpc) is 2.83. The summed E-state index contributed by atoms with van der Waals surface area (Å²) in [4.78, 5) is 28.3. The summed E-state index contributed by atoms with van der Waals surface area (Å²) in [6.07, 6.45) is 2.14. The van der Waals surface area contributed by atoms with E-state index >= 15 is 0 Å². The van der Waals surface area contributed by atoms with Crippen LogP contribution in [0.1, 0.15) is 44.7 Å². The van der Waals surface area contributed by atoms with Gasteiger partial charge in [-0.2, -0.15) is 0 Å². The number of rotatable bonds is 12. The quantitative estimate of drug-likeness (QED) is 0.439. The number of hydrogen-bond acceptors (Lipinski definition) is 5. The van der Waals surface area contributed by atoms with E-state index in [-0.39, 0.29) is 24.2 Å². The third kappa shape index (κ3) is 7.86. The molecule has 0 aliphatic carbocycles. The topological polar surface area (TPSA) is 96.0 Å². The first-order chi connectivity index (χ1) is 16.9. The molecule has 0 fully saturated rings. The number of carbonyl (C=O) groups excluding carboxylic acids is 2. The number of nitrogens with one attached hydrogen (secondary N) is 1. The molecular formula is C26H36ClN3O5S. The summed E-state index contributed by atoms with van der Waals surface area (Å²) in [7, 11) is -2.26. The van der Waals surface area contributed by atoms with Crippen LogP contribution in [0.5, 0.6) is 5.75 Å². The molecule has 0 bridgehead atoms. The second kappa shape index (κ2) is 13.0. The van der Waals surface area contributed by atoms with E-state index in [0.717, 1.165) is 28.1 Å². The van der Waals surface area contributed by atoms with Crippen molar-refractivity contribution in [1.29, 1.82) is 0 Å². The number of halogens is 1. The van der Waals surface area contributed by atoms with E-state index in [2.05, 4.69) is 5.32 Å². The first-order valence-electron chi connectivity index (χ1n) is 11.9. The van der Waals surface area contributed by atoms with Gasteiger partial charge in [-0.25, -0.2) is 8.42 Å². The predicted molar refractivity (Wildman–Crippen MR) is 144 cm³/mol. The highest BCUT2D eigenvalue weighted by Gasteiger charge is 2.32. The van der Waals surface area contributed by atoms with Gasteiger partial charge < -0.3 is 15.0 Å². The molecule has 2 amide bonds. The van der Waals surface area contributed by atoms with E-state index in [1.165, 1.54) is 11.0 Å². The van der Waals surface area contributed by atoms with Gasteiger partial charge in [-0.05, 0) is 62.1 Å². The number of benzene rings is 2. The van der Waals surface area contributed by atoms with E-state index in [4.69, 9.17) is 16.3 Å². The van der Waals surface area contributed by atoms with E-state index in [0.29, 0.717) is 17.2 Å². The maximum absolute atomic E-state index is 13.7. The fraction of sp³-hybridized carbons (Fsp3) is 0.462. The molecule has 8 nitrogen and oxygen atoms in total. The smallest absolute Gasteiger partial charge is 0.244 e. The van der Waals surface area contributed by atoms with Crippen molar-refractivity contribution in [3.05, 3.63) is 58.6 Å². The zero-order valence-corrected chi connectivity index (χ0v) is 23.3. The Morgan fingerprint density at radius 2 is 1.72 bits per heavy atom. The Morgan fingerprint density at radius 1 is 1.08 bits per heavy atom. The van der Waals surface area contributed by atoms with Crippen molar-refractivity contribution in [2.75, 3.05) is 24.2 Å². The Morgan fingerprint density at radius 3 is 2.22 bits per heavy atom. The van der Waals surface area contributed by atoms with Gasteiger partial charge in [0, 0.05) is 17.6 Å². The summed E-state index contributed by atoms with van der Waals surface area (Å²) in [6, 6.07) is 11.2. The molecule has 10 heteroatoms. The monoisotopic (exact) mass is 537 g/mol. The molecule has 0 aromatic heterocycles. The summed E-state index contributed by atoms with van der Waals surface area (Å²) in [6.45, 7) is 7.14. The second-order valence-corrected chi connectivity index (χ2v) is 11.1. The summed E-state index contributed by atoms with van der Waals surface area (Å²) in [5.74, 6) is -0.116. The Bertz CT molecular complexity index is 1150. The molecule has 0 radical (unpaired) electrons. The van der Waals surface area contributed by atoms with Crippen LogP contribution in [0.25, 0.3) is 0 Å². The van der Waals surface area contributed by atoms with Gasteiger partial charge in [0.2, 0.25) is 21.8 Å². The maximum atomic E-state index is 13.7. The fourth-order valence-electron chi connectivity index (χ4n) is 3.64. The van der Waals surface area contributed by atoms with Gasteiger partial charge in [0.25, 0.3) is 0 Å². The minimum absolute atomic E-state index is 0.0632. The molecule has 2 atom stereocenters. The molecule has 0 aliphatic heterocycles. The Labute approximate surface area is 219 Å². The number of nitrogens with zero attached hydrogens (tertiary/aromatic N) is 2. The normalized spacial score (nSPS) is 13.0. The molecule has 0 saturated carbocycles. The lowest BCUT2D eigenvalue weighted by atomic mass is 10.1. The largest absolute Gasteiger partial charge is 0.497 e. The van der Waals surface area contributed by atoms with Crippen LogP contribution in [-0.2, 0) is 26.2 Å². The van der Waals surface area contributed by atoms with Crippen LogP contribution in [0, 0.1) is 6.92 Å². The summed E-state index contributed by atoms with van der Waals surface area (Å²) in [5, 5.41) is 3.34. The predicted octanol–water partition coefficient (Wildman–Crippen LogP) is 4.15. The third-order valence-corrected chi connectivity index (χ3v) is 7.57. The molecule has 0 aliphatic rings. The molecule has 0 saturated heterocycles. The van der Waals surface area contributed by atoms with Crippen molar-refractivity contribution >= 4 is 39.1 Å². The SMILES string of the molecule is CC[C@@H](C)NC(=O)[C@@H](CC)N(Cc1ccc(OC)cc1)C(=O)CN(c1ccc(C)c(Cl)c1)S(C)(=O)=O. The number of amides is 2. The highest BCUT2D eigenvalue weighted by Crippen LogP contribution is 2.25. The van der Waals surface area contributed by atoms with Crippen molar-refractivity contribution in [1.82, 2.24) is 10.2 Å². The third-order valence-electron chi connectivity index (χ3n) is 6.02. The van der Waals surface area contributed by atoms with Crippen molar-refractivity contribution in [2.24, 2.45) is 0 Å². The van der Waals surface area contributed by atoms with Gasteiger partial charge in [-0.1, -0.05) is 43.6 Å². The number of ether oxygens (including phenoxy) is 1. The van der Waals surface area contributed by atoms with Gasteiger partial charge in [-0.3, -0.25) is 13.9 Å². The first kappa shape index (κ1) is 29.5. The van der Waals surface area contributed by atoms with E-state index in [9.17, 15) is 18.0 Å². The van der Waals surface area contributed by atoms with Crippen LogP contribution >= 0.6 is 11.6 Å². The van der Waals surface area contributed by atoms with E-state index < -0.39 is 28.5 Å². The number of sulfonamides is 1. The molecule has 198 valence electrons. The molecular weight excluding hydrogens is 502 g/mol. The Hall–Kier alpha value is -2.78. The van der Waals surface area contributed by atoms with Crippen LogP contribution < -0.4 is 14.4 Å². The maximum Gasteiger partial charge on any atom is 0.244 e. The van der Waals surface area contributed by atoms with Crippen molar-refractivity contribution in [3.63, 3.8) is 0 Å². The summed E-state index contributed by atoms with van der Waals surface area (Å²) >= 11 is 6.24. The number of aryl methyl sites for hydroxylation is 1. The van der Waals surface area contributed by atoms with Crippen LogP contribution in [0.2, 0.25) is 5.02 Å². The van der Waals surface area contributed by atoms with E-state index in [1.807, 2.05) is 32.9 Å². The zero-order chi connectivity index (χ0) is 27.0. The summed E-state index contributed by atoms with van der Waals surface area (Å²) < 4.78 is 31.6. The molecule has 0 heterocycles. The van der Waals surface area contributed by atoms with Gasteiger partial charge >= 0.3 is 0 Å². The number of methoxy groups -OCH3 is 1. The summed E-state index contributed by atoms with van der Waals surface area (Å²) in [5.41, 5.74) is 1.85. The number of carbonyl (C=O) groups is 2. The lowest BCUT2D eigenvalue weighted by Gasteiger charge is -2.33.